The van der Waals surface area contributed by atoms with Crippen molar-refractivity contribution in [1.29, 1.82) is 0 Å². The molecule has 0 aliphatic carbocycles. The molecule has 0 unspecified atom stereocenters. The van der Waals surface area contributed by atoms with E-state index in [-0.39, 0.29) is 54.0 Å². The van der Waals surface area contributed by atoms with Crippen LogP contribution in [0.25, 0.3) is 45.1 Å². The summed E-state index contributed by atoms with van der Waals surface area (Å²) in [4.78, 5) is 15.0. The van der Waals surface area contributed by atoms with E-state index in [1.54, 1.807) is 0 Å². The van der Waals surface area contributed by atoms with Crippen LogP contribution in [0.15, 0.2) is 66.7 Å². The molecule has 11 heteroatoms. The van der Waals surface area contributed by atoms with Crippen LogP contribution < -0.4 is 37.2 Å². The van der Waals surface area contributed by atoms with Crippen LogP contribution in [0.2, 0.25) is 0 Å². The molecular formula is C33H41Cl3CoN5O2. The minimum absolute atomic E-state index is 0. The summed E-state index contributed by atoms with van der Waals surface area (Å²) in [6.07, 6.45) is 9.46. The number of unbranched alkanes of at least 4 members (excludes halogenated alkanes) is 6. The van der Waals surface area contributed by atoms with E-state index < -0.39 is 0 Å². The Morgan fingerprint density at radius 1 is 0.523 bits per heavy atom. The average Bonchev–Trinajstić information content (AvgIpc) is 3.55. The number of nitrogens with zero attached hydrogens (tertiary/aromatic N) is 5. The summed E-state index contributed by atoms with van der Waals surface area (Å²) in [7, 11) is 0. The van der Waals surface area contributed by atoms with Crippen LogP contribution in [0.4, 0.5) is 0 Å². The van der Waals surface area contributed by atoms with Crippen molar-refractivity contribution in [3.8, 4) is 23.0 Å². The van der Waals surface area contributed by atoms with Gasteiger partial charge in [-0.15, -0.1) is 0 Å². The van der Waals surface area contributed by atoms with Gasteiger partial charge >= 0.3 is 16.8 Å². The predicted octanol–water partition coefficient (Wildman–Crippen LogP) is -0.767. The largest absolute Gasteiger partial charge is 3.00 e. The molecule has 44 heavy (non-hydrogen) atoms. The number of fused-ring (bicyclic) bond motifs is 2. The van der Waals surface area contributed by atoms with Gasteiger partial charge in [0.05, 0.1) is 22.1 Å². The minimum atomic E-state index is 0. The zero-order chi connectivity index (χ0) is 27.6. The van der Waals surface area contributed by atoms with Crippen LogP contribution in [0.5, 0.6) is 0 Å². The maximum atomic E-state index is 6.11. The second-order valence-corrected chi connectivity index (χ2v) is 10.3. The number of aromatic nitrogens is 5. The molecule has 3 aromatic heterocycles. The summed E-state index contributed by atoms with van der Waals surface area (Å²) in [6, 6.07) is 22.4. The molecule has 5 rings (SSSR count). The van der Waals surface area contributed by atoms with Gasteiger partial charge in [-0.3, -0.25) is 9.13 Å². The Balaban J connectivity index is 0.00000242. The molecule has 0 bridgehead atoms. The topological polar surface area (TPSA) is 67.0 Å². The number of pyridine rings is 1. The molecule has 0 saturated heterocycles. The molecule has 2 aromatic carbocycles. The molecule has 0 aliphatic rings. The molecule has 0 amide bonds. The van der Waals surface area contributed by atoms with E-state index in [0.29, 0.717) is 13.5 Å². The average molecular weight is 705 g/mol. The molecule has 0 fully saturated rings. The van der Waals surface area contributed by atoms with Crippen molar-refractivity contribution in [1.82, 2.24) is 24.1 Å². The third-order valence-electron chi connectivity index (χ3n) is 7.24. The zero-order valence-electron chi connectivity index (χ0n) is 25.4. The number of ether oxygens (including phenoxy) is 2. The first kappa shape index (κ1) is 39.9. The molecule has 7 nitrogen and oxygen atoms in total. The summed E-state index contributed by atoms with van der Waals surface area (Å²) in [5.74, 6) is 1.60. The van der Waals surface area contributed by atoms with Crippen LogP contribution in [0.3, 0.4) is 0 Å². The summed E-state index contributed by atoms with van der Waals surface area (Å²) in [5.41, 5.74) is 5.54. The molecule has 0 saturated carbocycles. The SMILES string of the molecule is CCCCCCOCn1c(-c2cccc(-c3nc4ccccc4n3COCCCCCC)n2)nc2ccccc21.[Cl-].[Cl-].[Cl-].[Co+3]. The Labute approximate surface area is 290 Å². The monoisotopic (exact) mass is 703 g/mol. The third-order valence-corrected chi connectivity index (χ3v) is 7.24. The molecule has 0 radical (unpaired) electrons. The van der Waals surface area contributed by atoms with Crippen LogP contribution in [-0.2, 0) is 39.7 Å². The van der Waals surface area contributed by atoms with Gasteiger partial charge < -0.3 is 46.7 Å². The van der Waals surface area contributed by atoms with E-state index in [4.69, 9.17) is 24.4 Å². The van der Waals surface area contributed by atoms with Crippen molar-refractivity contribution in [2.45, 2.75) is 78.7 Å². The molecule has 0 spiro atoms. The van der Waals surface area contributed by atoms with Crippen LogP contribution in [0.1, 0.15) is 65.2 Å². The second kappa shape index (κ2) is 20.8. The summed E-state index contributed by atoms with van der Waals surface area (Å²) in [5, 5.41) is 0. The van der Waals surface area contributed by atoms with Gasteiger partial charge in [-0.2, -0.15) is 0 Å². The van der Waals surface area contributed by atoms with Gasteiger partial charge in [-0.05, 0) is 49.2 Å². The van der Waals surface area contributed by atoms with Crippen LogP contribution >= 0.6 is 0 Å². The van der Waals surface area contributed by atoms with Gasteiger partial charge in [0.1, 0.15) is 24.8 Å². The van der Waals surface area contributed by atoms with E-state index in [2.05, 4.69) is 35.1 Å². The molecule has 240 valence electrons. The Hall–Kier alpha value is -2.17. The number of para-hydroxylation sites is 4. The number of benzene rings is 2. The van der Waals surface area contributed by atoms with E-state index >= 15 is 0 Å². The summed E-state index contributed by atoms with van der Waals surface area (Å²) in [6.45, 7) is 6.81. The van der Waals surface area contributed by atoms with Gasteiger partial charge in [-0.25, -0.2) is 15.0 Å². The number of hydrogen-bond acceptors (Lipinski definition) is 5. The Morgan fingerprint density at radius 2 is 0.955 bits per heavy atom. The molecule has 5 aromatic rings. The maximum Gasteiger partial charge on any atom is 3.00 e. The first-order valence-electron chi connectivity index (χ1n) is 14.8. The normalized spacial score (nSPS) is 10.6. The Kier molecular flexibility index (Phi) is 18.8. The minimum Gasteiger partial charge on any atom is -1.00 e. The van der Waals surface area contributed by atoms with Gasteiger partial charge in [0.25, 0.3) is 0 Å². The Bertz CT molecular complexity index is 1420. The van der Waals surface area contributed by atoms with Gasteiger partial charge in [0, 0.05) is 13.2 Å². The van der Waals surface area contributed by atoms with E-state index in [0.717, 1.165) is 71.2 Å². The molecule has 0 atom stereocenters. The van der Waals surface area contributed by atoms with Crippen LogP contribution in [0, 0.1) is 0 Å². The quantitative estimate of drug-likeness (QED) is 0.127. The van der Waals surface area contributed by atoms with Crippen molar-refractivity contribution >= 4 is 22.1 Å². The van der Waals surface area contributed by atoms with Crippen molar-refractivity contribution in [3.63, 3.8) is 0 Å². The molecule has 3 heterocycles. The number of hydrogen-bond donors (Lipinski definition) is 0. The smallest absolute Gasteiger partial charge is 1.00 e. The first-order valence-corrected chi connectivity index (χ1v) is 14.8. The van der Waals surface area contributed by atoms with Crippen molar-refractivity contribution in [2.24, 2.45) is 0 Å². The molecule has 0 aliphatic heterocycles. The fourth-order valence-corrected chi connectivity index (χ4v) is 5.06. The van der Waals surface area contributed by atoms with Gasteiger partial charge in [0.15, 0.2) is 11.6 Å². The fourth-order valence-electron chi connectivity index (χ4n) is 5.06. The Morgan fingerprint density at radius 3 is 1.39 bits per heavy atom. The number of halogens is 3. The number of rotatable bonds is 16. The fraction of sp³-hybridized carbons (Fsp3) is 0.424. The second-order valence-electron chi connectivity index (χ2n) is 10.3. The van der Waals surface area contributed by atoms with Gasteiger partial charge in [-0.1, -0.05) is 82.7 Å². The molecule has 0 N–H and O–H groups in total. The maximum absolute atomic E-state index is 6.11. The van der Waals surface area contributed by atoms with Crippen molar-refractivity contribution in [2.75, 3.05) is 13.2 Å². The first-order chi connectivity index (χ1) is 19.8. The number of imidazole rings is 2. The van der Waals surface area contributed by atoms with Gasteiger partial charge in [0.2, 0.25) is 0 Å². The van der Waals surface area contributed by atoms with Crippen LogP contribution in [-0.4, -0.2) is 37.3 Å². The van der Waals surface area contributed by atoms with Crippen molar-refractivity contribution < 1.29 is 63.5 Å². The van der Waals surface area contributed by atoms with E-state index in [1.807, 2.05) is 54.6 Å². The van der Waals surface area contributed by atoms with Crippen molar-refractivity contribution in [3.05, 3.63) is 66.7 Å². The molecular weight excluding hydrogens is 664 g/mol. The van der Waals surface area contributed by atoms with E-state index in [1.165, 1.54) is 38.5 Å². The third kappa shape index (κ3) is 9.91. The predicted molar refractivity (Wildman–Crippen MR) is 162 cm³/mol. The zero-order valence-corrected chi connectivity index (χ0v) is 28.7. The summed E-state index contributed by atoms with van der Waals surface area (Å²) >= 11 is 0. The standard InChI is InChI=1S/C33H41N5O2.3ClH.Co/c1-3-5-7-13-22-39-24-37-30-20-11-9-16-26(30)35-32(37)28-18-15-19-29(34-28)33-36-27-17-10-12-21-31(27)38(33)25-40-23-14-8-6-4-2;;;;/h9-12,15-21H,3-8,13-14,22-25H2,1-2H3;3*1H;/q;;;;+3/p-3. The summed E-state index contributed by atoms with van der Waals surface area (Å²) < 4.78 is 16.5. The van der Waals surface area contributed by atoms with E-state index in [9.17, 15) is 0 Å².